The van der Waals surface area contributed by atoms with Gasteiger partial charge in [-0.2, -0.15) is 0 Å². The molecular formula is C15H14N2O2. The van der Waals surface area contributed by atoms with Crippen LogP contribution in [0.15, 0.2) is 45.3 Å². The number of hydrogen-bond donors (Lipinski definition) is 1. The smallest absolute Gasteiger partial charge is 0.202 e. The molecule has 4 nitrogen and oxygen atoms in total. The maximum Gasteiger partial charge on any atom is 0.202 e. The highest BCUT2D eigenvalue weighted by Gasteiger charge is 2.21. The fourth-order valence-corrected chi connectivity index (χ4v) is 2.15. The molecular weight excluding hydrogens is 240 g/mol. The molecule has 0 amide bonds. The van der Waals surface area contributed by atoms with Gasteiger partial charge in [0.15, 0.2) is 5.76 Å². The standard InChI is InChI=1S/C15H14N2O2/c1-2-4-13-10(3-1)7-14(18-13)15-8-12(17-19-15)9-16-11-5-6-11/h1-4,7-8,11,16H,5-6,9H2. The van der Waals surface area contributed by atoms with Crippen molar-refractivity contribution in [2.24, 2.45) is 0 Å². The number of fused-ring (bicyclic) bond motifs is 1. The van der Waals surface area contributed by atoms with Gasteiger partial charge in [-0.15, -0.1) is 0 Å². The molecule has 4 rings (SSSR count). The molecule has 0 atom stereocenters. The number of rotatable bonds is 4. The maximum absolute atomic E-state index is 5.75. The van der Waals surface area contributed by atoms with E-state index in [0.29, 0.717) is 11.8 Å². The number of furan rings is 1. The second-order valence-corrected chi connectivity index (χ2v) is 4.99. The first kappa shape index (κ1) is 10.8. The van der Waals surface area contributed by atoms with E-state index in [2.05, 4.69) is 10.5 Å². The van der Waals surface area contributed by atoms with Crippen LogP contribution in [0.25, 0.3) is 22.5 Å². The van der Waals surface area contributed by atoms with Crippen LogP contribution in [-0.2, 0) is 6.54 Å². The van der Waals surface area contributed by atoms with Gasteiger partial charge in [-0.05, 0) is 25.0 Å². The lowest BCUT2D eigenvalue weighted by atomic mass is 10.2. The molecule has 4 heteroatoms. The zero-order valence-electron chi connectivity index (χ0n) is 10.4. The first-order chi connectivity index (χ1) is 9.38. The van der Waals surface area contributed by atoms with Crippen molar-refractivity contribution in [2.45, 2.75) is 25.4 Å². The third kappa shape index (κ3) is 2.15. The summed E-state index contributed by atoms with van der Waals surface area (Å²) in [6.45, 7) is 0.758. The fraction of sp³-hybridized carbons (Fsp3) is 0.267. The van der Waals surface area contributed by atoms with Gasteiger partial charge >= 0.3 is 0 Å². The third-order valence-corrected chi connectivity index (χ3v) is 3.38. The lowest BCUT2D eigenvalue weighted by molar-refractivity contribution is 0.410. The molecule has 1 aliphatic carbocycles. The largest absolute Gasteiger partial charge is 0.453 e. The zero-order valence-corrected chi connectivity index (χ0v) is 10.4. The van der Waals surface area contributed by atoms with Crippen molar-refractivity contribution in [2.75, 3.05) is 0 Å². The number of para-hydroxylation sites is 1. The molecule has 3 aromatic rings. The van der Waals surface area contributed by atoms with Crippen LogP contribution >= 0.6 is 0 Å². The Balaban J connectivity index is 1.60. The Bertz CT molecular complexity index is 677. The highest BCUT2D eigenvalue weighted by atomic mass is 16.5. The van der Waals surface area contributed by atoms with Crippen molar-refractivity contribution in [3.63, 3.8) is 0 Å². The molecule has 0 bridgehead atoms. The Hall–Kier alpha value is -2.07. The normalized spacial score (nSPS) is 15.2. The van der Waals surface area contributed by atoms with E-state index in [9.17, 15) is 0 Å². The molecule has 0 unspecified atom stereocenters. The second kappa shape index (κ2) is 4.24. The summed E-state index contributed by atoms with van der Waals surface area (Å²) in [6.07, 6.45) is 2.54. The van der Waals surface area contributed by atoms with Crippen molar-refractivity contribution in [3.8, 4) is 11.5 Å². The molecule has 0 aliphatic heterocycles. The second-order valence-electron chi connectivity index (χ2n) is 4.99. The lowest BCUT2D eigenvalue weighted by Gasteiger charge is -1.95. The molecule has 1 fully saturated rings. The van der Waals surface area contributed by atoms with Gasteiger partial charge in [0.1, 0.15) is 5.58 Å². The molecule has 2 aromatic heterocycles. The molecule has 0 saturated heterocycles. The maximum atomic E-state index is 5.75. The van der Waals surface area contributed by atoms with Crippen LogP contribution < -0.4 is 5.32 Å². The number of benzene rings is 1. The Morgan fingerprint density at radius 1 is 1.16 bits per heavy atom. The highest BCUT2D eigenvalue weighted by Crippen LogP contribution is 2.28. The van der Waals surface area contributed by atoms with E-state index in [1.165, 1.54) is 12.8 Å². The molecule has 1 aromatic carbocycles. The Morgan fingerprint density at radius 2 is 2.05 bits per heavy atom. The Morgan fingerprint density at radius 3 is 2.89 bits per heavy atom. The van der Waals surface area contributed by atoms with E-state index < -0.39 is 0 Å². The summed E-state index contributed by atoms with van der Waals surface area (Å²) in [6, 6.07) is 12.5. The Labute approximate surface area is 110 Å². The molecule has 2 heterocycles. The van der Waals surface area contributed by atoms with Gasteiger partial charge in [0, 0.05) is 24.0 Å². The summed E-state index contributed by atoms with van der Waals surface area (Å²) < 4.78 is 11.1. The molecule has 0 spiro atoms. The summed E-state index contributed by atoms with van der Waals surface area (Å²) in [4.78, 5) is 0. The summed E-state index contributed by atoms with van der Waals surface area (Å²) in [5.74, 6) is 1.41. The van der Waals surface area contributed by atoms with E-state index in [-0.39, 0.29) is 0 Å². The number of aromatic nitrogens is 1. The molecule has 0 radical (unpaired) electrons. The van der Waals surface area contributed by atoms with Gasteiger partial charge in [-0.1, -0.05) is 23.4 Å². The average Bonchev–Trinajstić information content (AvgIpc) is 2.99. The molecule has 19 heavy (non-hydrogen) atoms. The van der Waals surface area contributed by atoms with Crippen molar-refractivity contribution >= 4 is 11.0 Å². The summed E-state index contributed by atoms with van der Waals surface area (Å²) >= 11 is 0. The first-order valence-electron chi connectivity index (χ1n) is 6.56. The summed E-state index contributed by atoms with van der Waals surface area (Å²) in [7, 11) is 0. The molecule has 1 aliphatic rings. The van der Waals surface area contributed by atoms with Crippen molar-refractivity contribution in [1.82, 2.24) is 10.5 Å². The van der Waals surface area contributed by atoms with E-state index in [1.54, 1.807) is 0 Å². The molecule has 1 saturated carbocycles. The van der Waals surface area contributed by atoms with E-state index in [4.69, 9.17) is 8.94 Å². The van der Waals surface area contributed by atoms with Gasteiger partial charge in [-0.3, -0.25) is 0 Å². The summed E-state index contributed by atoms with van der Waals surface area (Å²) in [5, 5.41) is 8.55. The molecule has 1 N–H and O–H groups in total. The monoisotopic (exact) mass is 254 g/mol. The number of nitrogens with zero attached hydrogens (tertiary/aromatic N) is 1. The van der Waals surface area contributed by atoms with Crippen LogP contribution in [-0.4, -0.2) is 11.2 Å². The van der Waals surface area contributed by atoms with Gasteiger partial charge in [0.2, 0.25) is 5.76 Å². The summed E-state index contributed by atoms with van der Waals surface area (Å²) in [5.41, 5.74) is 1.79. The SMILES string of the molecule is c1ccc2oc(-c3cc(CNC4CC4)no3)cc2c1. The van der Waals surface area contributed by atoms with Crippen LogP contribution in [0, 0.1) is 0 Å². The fourth-order valence-electron chi connectivity index (χ4n) is 2.15. The van der Waals surface area contributed by atoms with Crippen molar-refractivity contribution in [1.29, 1.82) is 0 Å². The van der Waals surface area contributed by atoms with Gasteiger partial charge in [-0.25, -0.2) is 0 Å². The molecule has 96 valence electrons. The van der Waals surface area contributed by atoms with E-state index in [1.807, 2.05) is 36.4 Å². The van der Waals surface area contributed by atoms with Gasteiger partial charge in [0.05, 0.1) is 5.69 Å². The van der Waals surface area contributed by atoms with Crippen LogP contribution in [0.5, 0.6) is 0 Å². The number of nitrogens with one attached hydrogen (secondary N) is 1. The Kier molecular flexibility index (Phi) is 2.42. The van der Waals surface area contributed by atoms with Crippen LogP contribution in [0.1, 0.15) is 18.5 Å². The van der Waals surface area contributed by atoms with E-state index in [0.717, 1.165) is 29.0 Å². The van der Waals surface area contributed by atoms with Crippen LogP contribution in [0.2, 0.25) is 0 Å². The zero-order chi connectivity index (χ0) is 12.7. The quantitative estimate of drug-likeness (QED) is 0.775. The van der Waals surface area contributed by atoms with Gasteiger partial charge in [0.25, 0.3) is 0 Å². The minimum Gasteiger partial charge on any atom is -0.453 e. The third-order valence-electron chi connectivity index (χ3n) is 3.38. The number of hydrogen-bond acceptors (Lipinski definition) is 4. The predicted molar refractivity (Wildman–Crippen MR) is 71.6 cm³/mol. The lowest BCUT2D eigenvalue weighted by Crippen LogP contribution is -2.15. The van der Waals surface area contributed by atoms with Crippen molar-refractivity contribution < 1.29 is 8.94 Å². The van der Waals surface area contributed by atoms with Crippen molar-refractivity contribution in [3.05, 3.63) is 42.1 Å². The first-order valence-corrected chi connectivity index (χ1v) is 6.56. The predicted octanol–water partition coefficient (Wildman–Crippen LogP) is 3.34. The minimum absolute atomic E-state index is 0.673. The van der Waals surface area contributed by atoms with Gasteiger partial charge < -0.3 is 14.3 Å². The topological polar surface area (TPSA) is 51.2 Å². The average molecular weight is 254 g/mol. The van der Waals surface area contributed by atoms with Crippen LogP contribution in [0.4, 0.5) is 0 Å². The van der Waals surface area contributed by atoms with E-state index >= 15 is 0 Å². The van der Waals surface area contributed by atoms with Crippen LogP contribution in [0.3, 0.4) is 0 Å². The highest BCUT2D eigenvalue weighted by molar-refractivity contribution is 5.81. The minimum atomic E-state index is 0.673.